The number of aromatic nitrogens is 1. The molecule has 0 radical (unpaired) electrons. The SMILES string of the molecule is CC1CCN(C(=O)c2nc(Cl)ccc2Cl)CC1C. The number of hydrogen-bond acceptors (Lipinski definition) is 2. The van der Waals surface area contributed by atoms with E-state index in [1.165, 1.54) is 0 Å². The van der Waals surface area contributed by atoms with Gasteiger partial charge in [0.25, 0.3) is 5.91 Å². The molecule has 18 heavy (non-hydrogen) atoms. The Morgan fingerprint density at radius 3 is 2.72 bits per heavy atom. The lowest BCUT2D eigenvalue weighted by molar-refractivity contribution is 0.0622. The third-order valence-electron chi connectivity index (χ3n) is 3.64. The van der Waals surface area contributed by atoms with E-state index in [1.54, 1.807) is 12.1 Å². The molecule has 2 heterocycles. The maximum atomic E-state index is 12.3. The third kappa shape index (κ3) is 2.78. The minimum Gasteiger partial charge on any atom is -0.337 e. The van der Waals surface area contributed by atoms with E-state index in [2.05, 4.69) is 18.8 Å². The summed E-state index contributed by atoms with van der Waals surface area (Å²) < 4.78 is 0. The zero-order chi connectivity index (χ0) is 13.3. The molecule has 5 heteroatoms. The van der Waals surface area contributed by atoms with Crippen molar-refractivity contribution >= 4 is 29.1 Å². The Morgan fingerprint density at radius 1 is 1.33 bits per heavy atom. The molecule has 0 spiro atoms. The summed E-state index contributed by atoms with van der Waals surface area (Å²) in [4.78, 5) is 18.2. The van der Waals surface area contributed by atoms with Crippen molar-refractivity contribution in [2.45, 2.75) is 20.3 Å². The summed E-state index contributed by atoms with van der Waals surface area (Å²) in [5.41, 5.74) is 0.255. The highest BCUT2D eigenvalue weighted by Crippen LogP contribution is 2.25. The minimum atomic E-state index is -0.124. The van der Waals surface area contributed by atoms with E-state index in [0.717, 1.165) is 19.5 Å². The van der Waals surface area contributed by atoms with E-state index >= 15 is 0 Å². The van der Waals surface area contributed by atoms with Crippen molar-refractivity contribution in [2.24, 2.45) is 11.8 Å². The molecule has 0 saturated carbocycles. The highest BCUT2D eigenvalue weighted by Gasteiger charge is 2.28. The van der Waals surface area contributed by atoms with Crippen LogP contribution in [0, 0.1) is 11.8 Å². The highest BCUT2D eigenvalue weighted by atomic mass is 35.5. The van der Waals surface area contributed by atoms with Crippen LogP contribution in [0.1, 0.15) is 30.8 Å². The number of rotatable bonds is 1. The summed E-state index contributed by atoms with van der Waals surface area (Å²) >= 11 is 11.8. The smallest absolute Gasteiger partial charge is 0.274 e. The van der Waals surface area contributed by atoms with E-state index in [-0.39, 0.29) is 11.6 Å². The van der Waals surface area contributed by atoms with Crippen molar-refractivity contribution in [1.82, 2.24) is 9.88 Å². The number of carbonyl (C=O) groups is 1. The Labute approximate surface area is 117 Å². The minimum absolute atomic E-state index is 0.124. The Balaban J connectivity index is 2.19. The molecule has 0 bridgehead atoms. The van der Waals surface area contributed by atoms with E-state index in [4.69, 9.17) is 23.2 Å². The lowest BCUT2D eigenvalue weighted by Gasteiger charge is -2.35. The van der Waals surface area contributed by atoms with Gasteiger partial charge in [0, 0.05) is 13.1 Å². The molecule has 98 valence electrons. The van der Waals surface area contributed by atoms with Gasteiger partial charge in [-0.15, -0.1) is 0 Å². The molecule has 1 aromatic rings. The summed E-state index contributed by atoms with van der Waals surface area (Å²) in [6.07, 6.45) is 1.02. The lowest BCUT2D eigenvalue weighted by atomic mass is 9.88. The molecule has 0 aromatic carbocycles. The maximum Gasteiger partial charge on any atom is 0.274 e. The van der Waals surface area contributed by atoms with E-state index in [0.29, 0.717) is 22.0 Å². The fourth-order valence-corrected chi connectivity index (χ4v) is 2.50. The van der Waals surface area contributed by atoms with Crippen LogP contribution in [0.5, 0.6) is 0 Å². The van der Waals surface area contributed by atoms with E-state index in [1.807, 2.05) is 4.90 Å². The Morgan fingerprint density at radius 2 is 2.06 bits per heavy atom. The molecular formula is C13H16Cl2N2O. The van der Waals surface area contributed by atoms with E-state index < -0.39 is 0 Å². The van der Waals surface area contributed by atoms with Crippen LogP contribution in [0.15, 0.2) is 12.1 Å². The highest BCUT2D eigenvalue weighted by molar-refractivity contribution is 6.34. The number of nitrogens with zero attached hydrogens (tertiary/aromatic N) is 2. The van der Waals surface area contributed by atoms with Crippen LogP contribution >= 0.6 is 23.2 Å². The quantitative estimate of drug-likeness (QED) is 0.741. The number of amides is 1. The second-order valence-electron chi connectivity index (χ2n) is 4.96. The Hall–Kier alpha value is -0.800. The molecule has 1 aliphatic rings. The van der Waals surface area contributed by atoms with Gasteiger partial charge in [-0.05, 0) is 30.4 Å². The van der Waals surface area contributed by atoms with Crippen molar-refractivity contribution in [3.8, 4) is 0 Å². The van der Waals surface area contributed by atoms with Crippen molar-refractivity contribution in [1.29, 1.82) is 0 Å². The summed E-state index contributed by atoms with van der Waals surface area (Å²) in [7, 11) is 0. The number of pyridine rings is 1. The number of halogens is 2. The van der Waals surface area contributed by atoms with Gasteiger partial charge in [-0.25, -0.2) is 4.98 Å². The molecule has 2 unspecified atom stereocenters. The molecule has 0 N–H and O–H groups in total. The first kappa shape index (κ1) is 13.6. The Kier molecular flexibility index (Phi) is 4.13. The molecule has 1 saturated heterocycles. The molecule has 1 amide bonds. The molecule has 1 fully saturated rings. The fraction of sp³-hybridized carbons (Fsp3) is 0.538. The fourth-order valence-electron chi connectivity index (χ4n) is 2.17. The summed E-state index contributed by atoms with van der Waals surface area (Å²) in [5, 5.41) is 0.650. The van der Waals surface area contributed by atoms with Crippen LogP contribution in [0.25, 0.3) is 0 Å². The van der Waals surface area contributed by atoms with Gasteiger partial charge in [0.2, 0.25) is 0 Å². The van der Waals surface area contributed by atoms with Gasteiger partial charge >= 0.3 is 0 Å². The zero-order valence-electron chi connectivity index (χ0n) is 10.5. The summed E-state index contributed by atoms with van der Waals surface area (Å²) in [6.45, 7) is 5.90. The van der Waals surface area contributed by atoms with Crippen LogP contribution in [0.2, 0.25) is 10.2 Å². The van der Waals surface area contributed by atoms with Gasteiger partial charge in [0.1, 0.15) is 10.8 Å². The lowest BCUT2D eigenvalue weighted by Crippen LogP contribution is -2.42. The van der Waals surface area contributed by atoms with Crippen LogP contribution < -0.4 is 0 Å². The van der Waals surface area contributed by atoms with Gasteiger partial charge in [-0.2, -0.15) is 0 Å². The normalized spacial score (nSPS) is 24.1. The van der Waals surface area contributed by atoms with E-state index in [9.17, 15) is 4.79 Å². The first-order chi connectivity index (χ1) is 8.49. The summed E-state index contributed by atoms with van der Waals surface area (Å²) in [6, 6.07) is 3.20. The second-order valence-corrected chi connectivity index (χ2v) is 5.75. The van der Waals surface area contributed by atoms with Crippen molar-refractivity contribution in [3.05, 3.63) is 28.0 Å². The number of piperidine rings is 1. The van der Waals surface area contributed by atoms with Gasteiger partial charge in [-0.3, -0.25) is 4.79 Å². The number of carbonyl (C=O) groups excluding carboxylic acids is 1. The van der Waals surface area contributed by atoms with Gasteiger partial charge in [-0.1, -0.05) is 37.0 Å². The van der Waals surface area contributed by atoms with Gasteiger partial charge in [0.05, 0.1) is 5.02 Å². The topological polar surface area (TPSA) is 33.2 Å². The third-order valence-corrected chi connectivity index (χ3v) is 4.15. The van der Waals surface area contributed by atoms with Crippen LogP contribution in [-0.2, 0) is 0 Å². The molecule has 2 atom stereocenters. The molecule has 2 rings (SSSR count). The molecule has 1 aliphatic heterocycles. The first-order valence-electron chi connectivity index (χ1n) is 6.10. The van der Waals surface area contributed by atoms with Crippen molar-refractivity contribution in [3.63, 3.8) is 0 Å². The zero-order valence-corrected chi connectivity index (χ0v) is 12.0. The molecule has 0 aliphatic carbocycles. The number of hydrogen-bond donors (Lipinski definition) is 0. The molecule has 3 nitrogen and oxygen atoms in total. The van der Waals surface area contributed by atoms with Gasteiger partial charge < -0.3 is 4.90 Å². The maximum absolute atomic E-state index is 12.3. The van der Waals surface area contributed by atoms with Gasteiger partial charge in [0.15, 0.2) is 0 Å². The average Bonchev–Trinajstić information content (AvgIpc) is 2.35. The summed E-state index contributed by atoms with van der Waals surface area (Å²) in [5.74, 6) is 1.03. The number of likely N-dealkylation sites (tertiary alicyclic amines) is 1. The van der Waals surface area contributed by atoms with Crippen LogP contribution in [0.3, 0.4) is 0 Å². The van der Waals surface area contributed by atoms with Crippen LogP contribution in [-0.4, -0.2) is 28.9 Å². The Bertz CT molecular complexity index is 464. The second kappa shape index (κ2) is 5.45. The standard InChI is InChI=1S/C13H16Cl2N2O/c1-8-5-6-17(7-9(8)2)13(18)12-10(14)3-4-11(15)16-12/h3-4,8-9H,5-7H2,1-2H3. The first-order valence-corrected chi connectivity index (χ1v) is 6.86. The predicted molar refractivity (Wildman–Crippen MR) is 73.1 cm³/mol. The van der Waals surface area contributed by atoms with Crippen LogP contribution in [0.4, 0.5) is 0 Å². The van der Waals surface area contributed by atoms with Crippen molar-refractivity contribution in [2.75, 3.05) is 13.1 Å². The molecule has 1 aromatic heterocycles. The average molecular weight is 287 g/mol. The predicted octanol–water partition coefficient (Wildman–Crippen LogP) is 3.51. The van der Waals surface area contributed by atoms with Crippen molar-refractivity contribution < 1.29 is 4.79 Å². The largest absolute Gasteiger partial charge is 0.337 e. The molecular weight excluding hydrogens is 271 g/mol. The monoisotopic (exact) mass is 286 g/mol.